The van der Waals surface area contributed by atoms with Crippen molar-refractivity contribution in [1.82, 2.24) is 0 Å². The molecule has 3 nitrogen and oxygen atoms in total. The highest BCUT2D eigenvalue weighted by Gasteiger charge is 2.11. The van der Waals surface area contributed by atoms with E-state index >= 15 is 0 Å². The molecule has 2 aromatic carbocycles. The van der Waals surface area contributed by atoms with E-state index in [-0.39, 0.29) is 0 Å². The van der Waals surface area contributed by atoms with Crippen LogP contribution in [-0.4, -0.2) is 12.2 Å². The summed E-state index contributed by atoms with van der Waals surface area (Å²) in [5.41, 5.74) is 1.69. The molecule has 0 aromatic heterocycles. The largest absolute Gasteiger partial charge is 0.496 e. The van der Waals surface area contributed by atoms with Gasteiger partial charge in [-0.3, -0.25) is 0 Å². The standard InChI is InChI=1S/C16H16Br2O3/c1-10(19)14-5-3-13(18)8-16(14)21-9-11-7-12(17)4-6-15(11)20-2/h3-8,10,19H,9H2,1-2H3/t10-/m0/s1. The van der Waals surface area contributed by atoms with Crippen molar-refractivity contribution >= 4 is 31.9 Å². The van der Waals surface area contributed by atoms with Gasteiger partial charge in [-0.1, -0.05) is 37.9 Å². The van der Waals surface area contributed by atoms with Crippen LogP contribution < -0.4 is 9.47 Å². The number of aliphatic hydroxyl groups excluding tert-OH is 1. The van der Waals surface area contributed by atoms with Crippen LogP contribution >= 0.6 is 31.9 Å². The Hall–Kier alpha value is -1.04. The van der Waals surface area contributed by atoms with E-state index in [1.165, 1.54) is 0 Å². The van der Waals surface area contributed by atoms with Gasteiger partial charge in [-0.25, -0.2) is 0 Å². The van der Waals surface area contributed by atoms with Crippen LogP contribution in [0, 0.1) is 0 Å². The van der Waals surface area contributed by atoms with E-state index in [0.717, 1.165) is 25.8 Å². The van der Waals surface area contributed by atoms with Gasteiger partial charge >= 0.3 is 0 Å². The molecule has 0 saturated carbocycles. The first kappa shape index (κ1) is 16.3. The second-order valence-corrected chi connectivity index (χ2v) is 6.43. The topological polar surface area (TPSA) is 38.7 Å². The number of hydrogen-bond donors (Lipinski definition) is 1. The second kappa shape index (κ2) is 7.29. The number of methoxy groups -OCH3 is 1. The van der Waals surface area contributed by atoms with Crippen molar-refractivity contribution in [3.8, 4) is 11.5 Å². The summed E-state index contributed by atoms with van der Waals surface area (Å²) in [5.74, 6) is 1.42. The van der Waals surface area contributed by atoms with E-state index in [1.807, 2.05) is 36.4 Å². The molecule has 0 saturated heterocycles. The Morgan fingerprint density at radius 1 is 1.05 bits per heavy atom. The van der Waals surface area contributed by atoms with Gasteiger partial charge in [0.25, 0.3) is 0 Å². The molecule has 21 heavy (non-hydrogen) atoms. The maximum Gasteiger partial charge on any atom is 0.126 e. The van der Waals surface area contributed by atoms with Crippen molar-refractivity contribution in [3.05, 3.63) is 56.5 Å². The lowest BCUT2D eigenvalue weighted by molar-refractivity contribution is 0.190. The van der Waals surface area contributed by atoms with E-state index in [1.54, 1.807) is 14.0 Å². The molecule has 0 aliphatic carbocycles. The molecular formula is C16H16Br2O3. The van der Waals surface area contributed by atoms with Gasteiger partial charge in [0.05, 0.1) is 13.2 Å². The summed E-state index contributed by atoms with van der Waals surface area (Å²) in [5, 5.41) is 9.81. The number of halogens is 2. The predicted octanol–water partition coefficient (Wildman–Crippen LogP) is 4.85. The molecule has 2 aromatic rings. The first-order valence-electron chi connectivity index (χ1n) is 6.44. The van der Waals surface area contributed by atoms with Crippen molar-refractivity contribution in [2.24, 2.45) is 0 Å². The Morgan fingerprint density at radius 2 is 1.71 bits per heavy atom. The van der Waals surface area contributed by atoms with E-state index in [0.29, 0.717) is 12.4 Å². The van der Waals surface area contributed by atoms with Crippen molar-refractivity contribution in [3.63, 3.8) is 0 Å². The third-order valence-electron chi connectivity index (χ3n) is 3.05. The lowest BCUT2D eigenvalue weighted by Gasteiger charge is -2.15. The average Bonchev–Trinajstić information content (AvgIpc) is 2.45. The Morgan fingerprint density at radius 3 is 2.38 bits per heavy atom. The monoisotopic (exact) mass is 414 g/mol. The summed E-state index contributed by atoms with van der Waals surface area (Å²) >= 11 is 6.86. The molecule has 0 fully saturated rings. The summed E-state index contributed by atoms with van der Waals surface area (Å²) in [7, 11) is 1.63. The number of benzene rings is 2. The lowest BCUT2D eigenvalue weighted by atomic mass is 10.1. The minimum absolute atomic E-state index is 0.360. The van der Waals surface area contributed by atoms with Crippen LogP contribution in [-0.2, 0) is 6.61 Å². The number of ether oxygens (including phenoxy) is 2. The third kappa shape index (κ3) is 4.22. The molecule has 0 aliphatic rings. The van der Waals surface area contributed by atoms with Crippen LogP contribution in [0.4, 0.5) is 0 Å². The summed E-state index contributed by atoms with van der Waals surface area (Å²) < 4.78 is 13.1. The lowest BCUT2D eigenvalue weighted by Crippen LogP contribution is -2.02. The van der Waals surface area contributed by atoms with E-state index in [9.17, 15) is 5.11 Å². The summed E-state index contributed by atoms with van der Waals surface area (Å²) in [6.45, 7) is 2.08. The summed E-state index contributed by atoms with van der Waals surface area (Å²) in [6, 6.07) is 11.4. The van der Waals surface area contributed by atoms with Gasteiger partial charge in [0.15, 0.2) is 0 Å². The highest BCUT2D eigenvalue weighted by Crippen LogP contribution is 2.30. The number of aliphatic hydroxyl groups is 1. The minimum Gasteiger partial charge on any atom is -0.496 e. The molecule has 112 valence electrons. The first-order chi connectivity index (χ1) is 10.0. The van der Waals surface area contributed by atoms with Gasteiger partial charge in [-0.2, -0.15) is 0 Å². The van der Waals surface area contributed by atoms with Gasteiger partial charge in [-0.15, -0.1) is 0 Å². The molecule has 0 unspecified atom stereocenters. The summed E-state index contributed by atoms with van der Waals surface area (Å²) in [4.78, 5) is 0. The third-order valence-corrected chi connectivity index (χ3v) is 4.04. The number of rotatable bonds is 5. The van der Waals surface area contributed by atoms with Crippen LogP contribution in [0.2, 0.25) is 0 Å². The smallest absolute Gasteiger partial charge is 0.126 e. The molecule has 0 aliphatic heterocycles. The van der Waals surface area contributed by atoms with Gasteiger partial charge in [0.2, 0.25) is 0 Å². The van der Waals surface area contributed by atoms with Crippen molar-refractivity contribution in [2.45, 2.75) is 19.6 Å². The van der Waals surface area contributed by atoms with Gasteiger partial charge in [0.1, 0.15) is 18.1 Å². The molecule has 0 spiro atoms. The first-order valence-corrected chi connectivity index (χ1v) is 8.02. The zero-order valence-electron chi connectivity index (χ0n) is 11.8. The van der Waals surface area contributed by atoms with Crippen LogP contribution in [0.15, 0.2) is 45.3 Å². The SMILES string of the molecule is COc1ccc(Br)cc1COc1cc(Br)ccc1[C@H](C)O. The minimum atomic E-state index is -0.586. The quantitative estimate of drug-likeness (QED) is 0.758. The fraction of sp³-hybridized carbons (Fsp3) is 0.250. The van der Waals surface area contributed by atoms with E-state index < -0.39 is 6.10 Å². The maximum absolute atomic E-state index is 9.81. The fourth-order valence-corrected chi connectivity index (χ4v) is 2.74. The highest BCUT2D eigenvalue weighted by atomic mass is 79.9. The molecule has 1 N–H and O–H groups in total. The molecule has 2 rings (SSSR count). The Labute approximate surface area is 141 Å². The van der Waals surface area contributed by atoms with Crippen molar-refractivity contribution in [2.75, 3.05) is 7.11 Å². The Bertz CT molecular complexity index is 627. The van der Waals surface area contributed by atoms with Crippen molar-refractivity contribution < 1.29 is 14.6 Å². The van der Waals surface area contributed by atoms with Crippen LogP contribution in [0.25, 0.3) is 0 Å². The van der Waals surface area contributed by atoms with Gasteiger partial charge < -0.3 is 14.6 Å². The molecule has 1 atom stereocenters. The maximum atomic E-state index is 9.81. The molecule has 0 heterocycles. The molecule has 5 heteroatoms. The predicted molar refractivity (Wildman–Crippen MR) is 89.8 cm³/mol. The van der Waals surface area contributed by atoms with E-state index in [4.69, 9.17) is 9.47 Å². The van der Waals surface area contributed by atoms with E-state index in [2.05, 4.69) is 31.9 Å². The second-order valence-electron chi connectivity index (χ2n) is 4.60. The average molecular weight is 416 g/mol. The van der Waals surface area contributed by atoms with Crippen LogP contribution in [0.5, 0.6) is 11.5 Å². The number of hydrogen-bond acceptors (Lipinski definition) is 3. The van der Waals surface area contributed by atoms with Crippen molar-refractivity contribution in [1.29, 1.82) is 0 Å². The zero-order valence-corrected chi connectivity index (χ0v) is 14.9. The fourth-order valence-electron chi connectivity index (χ4n) is 1.99. The zero-order chi connectivity index (χ0) is 15.4. The Balaban J connectivity index is 2.24. The van der Waals surface area contributed by atoms with Gasteiger partial charge in [-0.05, 0) is 37.3 Å². The molecule has 0 radical (unpaired) electrons. The normalized spacial score (nSPS) is 12.0. The molecule has 0 amide bonds. The Kier molecular flexibility index (Phi) is 5.67. The molecular weight excluding hydrogens is 400 g/mol. The van der Waals surface area contributed by atoms with Crippen LogP contribution in [0.1, 0.15) is 24.2 Å². The van der Waals surface area contributed by atoms with Gasteiger partial charge in [0, 0.05) is 20.1 Å². The summed E-state index contributed by atoms with van der Waals surface area (Å²) in [6.07, 6.45) is -0.586. The van der Waals surface area contributed by atoms with Crippen LogP contribution in [0.3, 0.4) is 0 Å². The highest BCUT2D eigenvalue weighted by molar-refractivity contribution is 9.10. The molecule has 0 bridgehead atoms.